The van der Waals surface area contributed by atoms with Crippen LogP contribution in [-0.4, -0.2) is 48.9 Å². The van der Waals surface area contributed by atoms with Crippen molar-refractivity contribution in [2.75, 3.05) is 20.6 Å². The van der Waals surface area contributed by atoms with Crippen molar-refractivity contribution in [1.29, 1.82) is 0 Å². The Balaban J connectivity index is 1.82. The molecule has 0 heterocycles. The quantitative estimate of drug-likeness (QED) is 0.736. The first kappa shape index (κ1) is 20.4. The molecular formula is C21H33N3O2. The molecular weight excluding hydrogens is 326 g/mol. The number of amides is 2. The lowest BCUT2D eigenvalue weighted by Gasteiger charge is -2.39. The maximum Gasteiger partial charge on any atom is 0.251 e. The van der Waals surface area contributed by atoms with Gasteiger partial charge in [-0.1, -0.05) is 43.9 Å². The van der Waals surface area contributed by atoms with E-state index in [1.165, 1.54) is 25.7 Å². The lowest BCUT2D eigenvalue weighted by atomic mass is 9.88. The van der Waals surface area contributed by atoms with Crippen molar-refractivity contribution < 1.29 is 9.59 Å². The highest BCUT2D eigenvalue weighted by atomic mass is 16.2. The number of nitrogens with zero attached hydrogens (tertiary/aromatic N) is 1. The number of carbonyl (C=O) groups excluding carboxylic acids is 2. The van der Waals surface area contributed by atoms with Gasteiger partial charge in [-0.15, -0.1) is 0 Å². The molecule has 2 N–H and O–H groups in total. The Morgan fingerprint density at radius 1 is 1.08 bits per heavy atom. The third-order valence-corrected chi connectivity index (χ3v) is 5.50. The molecule has 1 aliphatic carbocycles. The van der Waals surface area contributed by atoms with Gasteiger partial charge in [-0.25, -0.2) is 0 Å². The lowest BCUT2D eigenvalue weighted by Crippen LogP contribution is -2.53. The summed E-state index contributed by atoms with van der Waals surface area (Å²) in [5.74, 6) is -0.143. The van der Waals surface area contributed by atoms with Crippen LogP contribution in [0.1, 0.15) is 62.2 Å². The Morgan fingerprint density at radius 3 is 2.27 bits per heavy atom. The fourth-order valence-electron chi connectivity index (χ4n) is 3.73. The van der Waals surface area contributed by atoms with Crippen LogP contribution >= 0.6 is 0 Å². The van der Waals surface area contributed by atoms with Crippen molar-refractivity contribution >= 4 is 11.8 Å². The van der Waals surface area contributed by atoms with E-state index >= 15 is 0 Å². The van der Waals surface area contributed by atoms with Gasteiger partial charge in [0, 0.05) is 30.1 Å². The number of likely N-dealkylation sites (N-methyl/N-ethyl adjacent to an activating group) is 1. The smallest absolute Gasteiger partial charge is 0.251 e. The molecule has 1 saturated carbocycles. The topological polar surface area (TPSA) is 61.4 Å². The molecule has 0 unspecified atom stereocenters. The molecule has 0 aromatic heterocycles. The normalized spacial score (nSPS) is 18.0. The predicted molar refractivity (Wildman–Crippen MR) is 105 cm³/mol. The molecule has 0 bridgehead atoms. The summed E-state index contributed by atoms with van der Waals surface area (Å²) in [5.41, 5.74) is 0.674. The standard InChI is InChI=1S/C21H33N3O2/c1-17(23-20(26)18-11-7-6-8-12-18)15-19(25)22-16-21(24(2)3)13-9-4-5-10-14-21/h6-8,11-12,17H,4-5,9-10,13-16H2,1-3H3,(H,22,25)(H,23,26)/t17-/m0/s1. The van der Waals surface area contributed by atoms with Crippen molar-refractivity contribution in [3.63, 3.8) is 0 Å². The van der Waals surface area contributed by atoms with Crippen molar-refractivity contribution in [1.82, 2.24) is 15.5 Å². The lowest BCUT2D eigenvalue weighted by molar-refractivity contribution is -0.122. The average Bonchev–Trinajstić information content (AvgIpc) is 2.87. The number of rotatable bonds is 7. The van der Waals surface area contributed by atoms with Crippen LogP contribution in [0.5, 0.6) is 0 Å². The van der Waals surface area contributed by atoms with Crippen molar-refractivity contribution in [2.24, 2.45) is 0 Å². The number of benzene rings is 1. The third-order valence-electron chi connectivity index (χ3n) is 5.50. The predicted octanol–water partition coefficient (Wildman–Crippen LogP) is 2.97. The van der Waals surface area contributed by atoms with E-state index in [4.69, 9.17) is 0 Å². The minimum atomic E-state index is -0.202. The van der Waals surface area contributed by atoms with E-state index in [2.05, 4.69) is 29.6 Å². The maximum atomic E-state index is 12.4. The summed E-state index contributed by atoms with van der Waals surface area (Å²) >= 11 is 0. The first-order chi connectivity index (χ1) is 12.4. The van der Waals surface area contributed by atoms with E-state index in [0.29, 0.717) is 18.5 Å². The van der Waals surface area contributed by atoms with Gasteiger partial charge >= 0.3 is 0 Å². The monoisotopic (exact) mass is 359 g/mol. The van der Waals surface area contributed by atoms with Crippen LogP contribution in [0.15, 0.2) is 30.3 Å². The van der Waals surface area contributed by atoms with E-state index in [1.54, 1.807) is 12.1 Å². The van der Waals surface area contributed by atoms with E-state index in [1.807, 2.05) is 25.1 Å². The molecule has 5 heteroatoms. The van der Waals surface area contributed by atoms with Crippen LogP contribution < -0.4 is 10.6 Å². The first-order valence-corrected chi connectivity index (χ1v) is 9.73. The van der Waals surface area contributed by atoms with Crippen molar-refractivity contribution in [3.8, 4) is 0 Å². The first-order valence-electron chi connectivity index (χ1n) is 9.73. The molecule has 1 aliphatic rings. The van der Waals surface area contributed by atoms with Crippen LogP contribution in [0.25, 0.3) is 0 Å². The van der Waals surface area contributed by atoms with Gasteiger partial charge in [-0.05, 0) is 46.0 Å². The molecule has 0 aliphatic heterocycles. The second-order valence-electron chi connectivity index (χ2n) is 7.75. The number of hydrogen-bond donors (Lipinski definition) is 2. The second kappa shape index (κ2) is 9.72. The van der Waals surface area contributed by atoms with E-state index in [9.17, 15) is 9.59 Å². The van der Waals surface area contributed by atoms with E-state index in [0.717, 1.165) is 12.8 Å². The third kappa shape index (κ3) is 5.84. The highest BCUT2D eigenvalue weighted by Crippen LogP contribution is 2.30. The summed E-state index contributed by atoms with van der Waals surface area (Å²) in [6.45, 7) is 2.55. The molecule has 26 heavy (non-hydrogen) atoms. The molecule has 144 valence electrons. The van der Waals surface area contributed by atoms with Crippen LogP contribution in [0, 0.1) is 0 Å². The zero-order valence-corrected chi connectivity index (χ0v) is 16.4. The Hall–Kier alpha value is -1.88. The van der Waals surface area contributed by atoms with Crippen molar-refractivity contribution in [2.45, 2.75) is 63.5 Å². The summed E-state index contributed by atoms with van der Waals surface area (Å²) in [4.78, 5) is 26.8. The van der Waals surface area contributed by atoms with E-state index < -0.39 is 0 Å². The molecule has 1 fully saturated rings. The molecule has 0 radical (unpaired) electrons. The summed E-state index contributed by atoms with van der Waals surface area (Å²) in [6, 6.07) is 8.89. The zero-order valence-electron chi connectivity index (χ0n) is 16.4. The molecule has 0 spiro atoms. The van der Waals surface area contributed by atoms with Crippen molar-refractivity contribution in [3.05, 3.63) is 35.9 Å². The zero-order chi connectivity index (χ0) is 19.0. The van der Waals surface area contributed by atoms with Gasteiger partial charge in [0.1, 0.15) is 0 Å². The molecule has 5 nitrogen and oxygen atoms in total. The van der Waals surface area contributed by atoms with Gasteiger partial charge in [0.25, 0.3) is 5.91 Å². The second-order valence-corrected chi connectivity index (χ2v) is 7.75. The van der Waals surface area contributed by atoms with Crippen LogP contribution in [0.3, 0.4) is 0 Å². The highest BCUT2D eigenvalue weighted by molar-refractivity contribution is 5.94. The minimum absolute atomic E-state index is 0.00339. The highest BCUT2D eigenvalue weighted by Gasteiger charge is 2.33. The Kier molecular flexibility index (Phi) is 7.64. The molecule has 0 saturated heterocycles. The van der Waals surface area contributed by atoms with Crippen LogP contribution in [0.2, 0.25) is 0 Å². The van der Waals surface area contributed by atoms with E-state index in [-0.39, 0.29) is 23.4 Å². The Bertz CT molecular complexity index is 578. The summed E-state index contributed by atoms with van der Waals surface area (Å²) in [5, 5.41) is 6.01. The summed E-state index contributed by atoms with van der Waals surface area (Å²) in [6.07, 6.45) is 7.55. The fourth-order valence-corrected chi connectivity index (χ4v) is 3.73. The summed E-state index contributed by atoms with van der Waals surface area (Å²) in [7, 11) is 4.22. The fraction of sp³-hybridized carbons (Fsp3) is 0.619. The maximum absolute atomic E-state index is 12.4. The Morgan fingerprint density at radius 2 is 1.69 bits per heavy atom. The molecule has 1 atom stereocenters. The van der Waals surface area contributed by atoms with Gasteiger partial charge < -0.3 is 15.5 Å². The number of carbonyl (C=O) groups is 2. The number of hydrogen-bond acceptors (Lipinski definition) is 3. The van der Waals surface area contributed by atoms with Crippen LogP contribution in [-0.2, 0) is 4.79 Å². The molecule has 1 aromatic rings. The summed E-state index contributed by atoms with van der Waals surface area (Å²) < 4.78 is 0. The minimum Gasteiger partial charge on any atom is -0.354 e. The van der Waals surface area contributed by atoms with Gasteiger partial charge in [-0.3, -0.25) is 9.59 Å². The SMILES string of the molecule is C[C@@H](CC(=O)NCC1(N(C)C)CCCCCC1)NC(=O)c1ccccc1. The van der Waals surface area contributed by atoms with Crippen LogP contribution in [0.4, 0.5) is 0 Å². The average molecular weight is 360 g/mol. The molecule has 2 amide bonds. The number of nitrogens with one attached hydrogen (secondary N) is 2. The van der Waals surface area contributed by atoms with Gasteiger partial charge in [0.15, 0.2) is 0 Å². The van der Waals surface area contributed by atoms with Gasteiger partial charge in [-0.2, -0.15) is 0 Å². The molecule has 1 aromatic carbocycles. The van der Waals surface area contributed by atoms with Gasteiger partial charge in [0.2, 0.25) is 5.91 Å². The van der Waals surface area contributed by atoms with Gasteiger partial charge in [0.05, 0.1) is 0 Å². The Labute approximate surface area is 157 Å². The largest absolute Gasteiger partial charge is 0.354 e. The molecule has 2 rings (SSSR count).